The SMILES string of the molecule is CSc1ccc(N2CCC[C@](O)(CN3CCOCC3)C2)cn1. The predicted molar refractivity (Wildman–Crippen MR) is 89.7 cm³/mol. The first-order valence-electron chi connectivity index (χ1n) is 7.96. The van der Waals surface area contributed by atoms with Gasteiger partial charge in [-0.1, -0.05) is 0 Å². The van der Waals surface area contributed by atoms with Gasteiger partial charge >= 0.3 is 0 Å². The van der Waals surface area contributed by atoms with Gasteiger partial charge in [0.15, 0.2) is 0 Å². The molecule has 3 rings (SSSR count). The van der Waals surface area contributed by atoms with Crippen molar-refractivity contribution in [2.24, 2.45) is 0 Å². The van der Waals surface area contributed by atoms with Crippen molar-refractivity contribution in [3.8, 4) is 0 Å². The zero-order valence-corrected chi connectivity index (χ0v) is 14.0. The van der Waals surface area contributed by atoms with Crippen molar-refractivity contribution in [1.82, 2.24) is 9.88 Å². The molecule has 1 aromatic heterocycles. The molecule has 2 aliphatic rings. The highest BCUT2D eigenvalue weighted by atomic mass is 32.2. The van der Waals surface area contributed by atoms with Crippen LogP contribution in [0.2, 0.25) is 0 Å². The summed E-state index contributed by atoms with van der Waals surface area (Å²) in [6.45, 7) is 5.82. The number of hydrogen-bond donors (Lipinski definition) is 1. The summed E-state index contributed by atoms with van der Waals surface area (Å²) in [5.41, 5.74) is 0.478. The summed E-state index contributed by atoms with van der Waals surface area (Å²) in [4.78, 5) is 9.03. The van der Waals surface area contributed by atoms with E-state index in [1.54, 1.807) is 11.8 Å². The van der Waals surface area contributed by atoms with Crippen molar-refractivity contribution in [3.05, 3.63) is 18.3 Å². The molecular weight excluding hydrogens is 298 g/mol. The van der Waals surface area contributed by atoms with Crippen LogP contribution in [0.1, 0.15) is 12.8 Å². The average molecular weight is 323 g/mol. The number of ether oxygens (including phenoxy) is 1. The number of piperidine rings is 1. The van der Waals surface area contributed by atoms with E-state index in [2.05, 4.69) is 26.9 Å². The smallest absolute Gasteiger partial charge is 0.0958 e. The minimum absolute atomic E-state index is 0.631. The van der Waals surface area contributed by atoms with Crippen LogP contribution in [0.5, 0.6) is 0 Å². The third-order valence-corrected chi connectivity index (χ3v) is 5.13. The molecule has 0 aromatic carbocycles. The number of thioether (sulfide) groups is 1. The maximum absolute atomic E-state index is 11.0. The van der Waals surface area contributed by atoms with Crippen molar-refractivity contribution < 1.29 is 9.84 Å². The van der Waals surface area contributed by atoms with E-state index in [0.717, 1.165) is 62.9 Å². The lowest BCUT2D eigenvalue weighted by molar-refractivity contribution is -0.0382. The van der Waals surface area contributed by atoms with Gasteiger partial charge in [-0.15, -0.1) is 11.8 Å². The molecule has 0 spiro atoms. The molecule has 0 amide bonds. The van der Waals surface area contributed by atoms with E-state index in [1.807, 2.05) is 12.5 Å². The number of rotatable bonds is 4. The fraction of sp³-hybridized carbons (Fsp3) is 0.688. The molecule has 1 atom stereocenters. The number of morpholine rings is 1. The van der Waals surface area contributed by atoms with Gasteiger partial charge in [0.1, 0.15) is 0 Å². The molecule has 0 unspecified atom stereocenters. The van der Waals surface area contributed by atoms with Gasteiger partial charge in [0.05, 0.1) is 35.7 Å². The molecule has 0 aliphatic carbocycles. The van der Waals surface area contributed by atoms with Gasteiger partial charge in [-0.25, -0.2) is 4.98 Å². The van der Waals surface area contributed by atoms with Gasteiger partial charge in [0, 0.05) is 32.7 Å². The molecule has 5 nitrogen and oxygen atoms in total. The predicted octanol–water partition coefficient (Wildman–Crippen LogP) is 1.47. The fourth-order valence-electron chi connectivity index (χ4n) is 3.32. The first-order chi connectivity index (χ1) is 10.7. The Balaban J connectivity index is 1.64. The first-order valence-corrected chi connectivity index (χ1v) is 9.18. The topological polar surface area (TPSA) is 48.8 Å². The van der Waals surface area contributed by atoms with Crippen LogP contribution >= 0.6 is 11.8 Å². The zero-order valence-electron chi connectivity index (χ0n) is 13.2. The van der Waals surface area contributed by atoms with Crippen LogP contribution in [0, 0.1) is 0 Å². The fourth-order valence-corrected chi connectivity index (χ4v) is 3.68. The number of β-amino-alcohol motifs (C(OH)–C–C–N with tert-alkyl or cyclic N) is 1. The van der Waals surface area contributed by atoms with Gasteiger partial charge in [-0.05, 0) is 31.2 Å². The number of anilines is 1. The van der Waals surface area contributed by atoms with Crippen LogP contribution < -0.4 is 4.90 Å². The van der Waals surface area contributed by atoms with E-state index in [1.165, 1.54) is 0 Å². The van der Waals surface area contributed by atoms with Crippen molar-refractivity contribution >= 4 is 17.4 Å². The van der Waals surface area contributed by atoms with Gasteiger partial charge in [0.2, 0.25) is 0 Å². The van der Waals surface area contributed by atoms with Crippen LogP contribution in [0.25, 0.3) is 0 Å². The largest absolute Gasteiger partial charge is 0.387 e. The molecule has 1 aromatic rings. The highest BCUT2D eigenvalue weighted by Crippen LogP contribution is 2.27. The molecule has 0 saturated carbocycles. The average Bonchev–Trinajstić information content (AvgIpc) is 2.55. The number of aliphatic hydroxyl groups is 1. The minimum Gasteiger partial charge on any atom is -0.387 e. The summed E-state index contributed by atoms with van der Waals surface area (Å²) in [7, 11) is 0. The van der Waals surface area contributed by atoms with Crippen molar-refractivity contribution in [3.63, 3.8) is 0 Å². The normalized spacial score (nSPS) is 27.1. The molecule has 2 saturated heterocycles. The highest BCUT2D eigenvalue weighted by molar-refractivity contribution is 7.98. The molecule has 122 valence electrons. The minimum atomic E-state index is -0.631. The first kappa shape index (κ1) is 16.1. The van der Waals surface area contributed by atoms with Crippen LogP contribution in [-0.2, 0) is 4.74 Å². The second kappa shape index (κ2) is 7.17. The Labute approximate surface area is 136 Å². The van der Waals surface area contributed by atoms with E-state index in [-0.39, 0.29) is 0 Å². The molecule has 6 heteroatoms. The van der Waals surface area contributed by atoms with E-state index in [0.29, 0.717) is 6.54 Å². The summed E-state index contributed by atoms with van der Waals surface area (Å²) >= 11 is 1.65. The maximum atomic E-state index is 11.0. The maximum Gasteiger partial charge on any atom is 0.0958 e. The Morgan fingerprint density at radius 3 is 2.82 bits per heavy atom. The zero-order chi connectivity index (χ0) is 15.4. The third kappa shape index (κ3) is 3.93. The molecule has 1 N–H and O–H groups in total. The molecule has 2 aliphatic heterocycles. The molecule has 3 heterocycles. The van der Waals surface area contributed by atoms with Gasteiger partial charge in [-0.3, -0.25) is 4.90 Å². The second-order valence-corrected chi connectivity index (χ2v) is 7.02. The van der Waals surface area contributed by atoms with Crippen LogP contribution in [0.3, 0.4) is 0 Å². The van der Waals surface area contributed by atoms with E-state index >= 15 is 0 Å². The molecular formula is C16H25N3O2S. The quantitative estimate of drug-likeness (QED) is 0.847. The van der Waals surface area contributed by atoms with Crippen LogP contribution in [-0.4, -0.2) is 72.8 Å². The van der Waals surface area contributed by atoms with E-state index in [9.17, 15) is 5.11 Å². The van der Waals surface area contributed by atoms with Gasteiger partial charge < -0.3 is 14.7 Å². The number of aromatic nitrogens is 1. The lowest BCUT2D eigenvalue weighted by Gasteiger charge is -2.43. The summed E-state index contributed by atoms with van der Waals surface area (Å²) in [6, 6.07) is 4.16. The molecule has 0 radical (unpaired) electrons. The Kier molecular flexibility index (Phi) is 5.23. The Hall–Kier alpha value is -0.820. The van der Waals surface area contributed by atoms with Crippen molar-refractivity contribution in [1.29, 1.82) is 0 Å². The molecule has 2 fully saturated rings. The summed E-state index contributed by atoms with van der Waals surface area (Å²) < 4.78 is 5.39. The van der Waals surface area contributed by atoms with E-state index < -0.39 is 5.60 Å². The summed E-state index contributed by atoms with van der Waals surface area (Å²) in [6.07, 6.45) is 5.85. The molecule has 22 heavy (non-hydrogen) atoms. The van der Waals surface area contributed by atoms with Crippen LogP contribution in [0.15, 0.2) is 23.4 Å². The lowest BCUT2D eigenvalue weighted by atomic mass is 9.91. The van der Waals surface area contributed by atoms with Gasteiger partial charge in [-0.2, -0.15) is 0 Å². The Morgan fingerprint density at radius 2 is 2.14 bits per heavy atom. The summed E-state index contributed by atoms with van der Waals surface area (Å²) in [5.74, 6) is 0. The van der Waals surface area contributed by atoms with Crippen molar-refractivity contribution in [2.45, 2.75) is 23.5 Å². The highest BCUT2D eigenvalue weighted by Gasteiger charge is 2.35. The number of nitrogens with zero attached hydrogens (tertiary/aromatic N) is 3. The third-order valence-electron chi connectivity index (χ3n) is 4.47. The van der Waals surface area contributed by atoms with E-state index in [4.69, 9.17) is 4.74 Å². The summed E-state index contributed by atoms with van der Waals surface area (Å²) in [5, 5.41) is 12.0. The second-order valence-electron chi connectivity index (χ2n) is 6.20. The van der Waals surface area contributed by atoms with Crippen molar-refractivity contribution in [2.75, 3.05) is 57.1 Å². The van der Waals surface area contributed by atoms with Crippen LogP contribution in [0.4, 0.5) is 5.69 Å². The standard InChI is InChI=1S/C16H25N3O2S/c1-22-15-4-3-14(11-17-15)19-6-2-5-16(20,13-19)12-18-7-9-21-10-8-18/h3-4,11,20H,2,5-10,12-13H2,1H3/t16-/m0/s1. The number of hydrogen-bond acceptors (Lipinski definition) is 6. The Bertz CT molecular complexity index is 479. The molecule has 0 bridgehead atoms. The number of pyridine rings is 1. The Morgan fingerprint density at radius 1 is 1.32 bits per heavy atom. The monoisotopic (exact) mass is 323 g/mol. The van der Waals surface area contributed by atoms with Gasteiger partial charge in [0.25, 0.3) is 0 Å². The lowest BCUT2D eigenvalue weighted by Crippen LogP contribution is -2.56.